The molecule has 6 nitrogen and oxygen atoms in total. The van der Waals surface area contributed by atoms with Crippen LogP contribution in [-0.2, 0) is 0 Å². The lowest BCUT2D eigenvalue weighted by Crippen LogP contribution is -2.31. The second kappa shape index (κ2) is 7.92. The number of nitrogens with one attached hydrogen (secondary N) is 2. The summed E-state index contributed by atoms with van der Waals surface area (Å²) in [6.07, 6.45) is 1.49. The van der Waals surface area contributed by atoms with Gasteiger partial charge < -0.3 is 15.5 Å². The van der Waals surface area contributed by atoms with E-state index in [2.05, 4.69) is 31.5 Å². The lowest BCUT2D eigenvalue weighted by molar-refractivity contribution is 0.0822. The average Bonchev–Trinajstić information content (AvgIpc) is 2.54. The molecule has 1 aromatic carbocycles. The van der Waals surface area contributed by atoms with Crippen molar-refractivity contribution in [3.8, 4) is 0 Å². The Morgan fingerprint density at radius 1 is 1.21 bits per heavy atom. The van der Waals surface area contributed by atoms with Gasteiger partial charge in [0.25, 0.3) is 5.91 Å². The summed E-state index contributed by atoms with van der Waals surface area (Å²) in [6, 6.07) is 10.3. The van der Waals surface area contributed by atoms with E-state index < -0.39 is 0 Å². The number of hydrogen-bond donors (Lipinski definition) is 2. The van der Waals surface area contributed by atoms with E-state index in [0.29, 0.717) is 5.69 Å². The molecule has 0 radical (unpaired) electrons. The van der Waals surface area contributed by atoms with E-state index in [-0.39, 0.29) is 23.7 Å². The summed E-state index contributed by atoms with van der Waals surface area (Å²) in [7, 11) is 3.30. The van der Waals surface area contributed by atoms with Crippen LogP contribution in [-0.4, -0.2) is 35.9 Å². The Bertz CT molecular complexity index is 749. The molecule has 1 heterocycles. The number of halogens is 1. The van der Waals surface area contributed by atoms with Crippen molar-refractivity contribution in [3.05, 3.63) is 58.3 Å². The van der Waals surface area contributed by atoms with Crippen LogP contribution >= 0.6 is 15.9 Å². The third kappa shape index (κ3) is 4.55. The van der Waals surface area contributed by atoms with Gasteiger partial charge in [0.15, 0.2) is 0 Å². The second-order valence-electron chi connectivity index (χ2n) is 5.47. The molecule has 0 unspecified atom stereocenters. The predicted octanol–water partition coefficient (Wildman–Crippen LogP) is 3.43. The Hall–Kier alpha value is -2.41. The van der Waals surface area contributed by atoms with E-state index in [1.54, 1.807) is 26.2 Å². The minimum absolute atomic E-state index is 0.176. The van der Waals surface area contributed by atoms with E-state index in [1.807, 2.05) is 31.2 Å². The van der Waals surface area contributed by atoms with Gasteiger partial charge >= 0.3 is 6.03 Å². The van der Waals surface area contributed by atoms with Gasteiger partial charge in [-0.1, -0.05) is 34.1 Å². The molecule has 3 amide bonds. The Balaban J connectivity index is 2.04. The first-order chi connectivity index (χ1) is 11.4. The summed E-state index contributed by atoms with van der Waals surface area (Å²) in [5, 5.41) is 5.58. The van der Waals surface area contributed by atoms with Gasteiger partial charge in [-0.05, 0) is 30.7 Å². The minimum atomic E-state index is -0.354. The zero-order valence-electron chi connectivity index (χ0n) is 13.7. The zero-order valence-corrected chi connectivity index (χ0v) is 15.3. The van der Waals surface area contributed by atoms with Gasteiger partial charge in [-0.15, -0.1) is 0 Å². The van der Waals surface area contributed by atoms with Crippen molar-refractivity contribution in [2.24, 2.45) is 0 Å². The molecule has 7 heteroatoms. The molecule has 1 atom stereocenters. The van der Waals surface area contributed by atoms with Gasteiger partial charge in [0.2, 0.25) is 0 Å². The highest BCUT2D eigenvalue weighted by Gasteiger charge is 2.14. The normalized spacial score (nSPS) is 11.5. The summed E-state index contributed by atoms with van der Waals surface area (Å²) >= 11 is 3.47. The fourth-order valence-corrected chi connectivity index (χ4v) is 2.75. The van der Waals surface area contributed by atoms with Gasteiger partial charge in [-0.2, -0.15) is 0 Å². The van der Waals surface area contributed by atoms with Crippen LogP contribution in [0.4, 0.5) is 10.5 Å². The maximum Gasteiger partial charge on any atom is 0.319 e. The molecular weight excluding hydrogens is 372 g/mol. The molecular formula is C17H19BrN4O2. The average molecular weight is 391 g/mol. The van der Waals surface area contributed by atoms with Gasteiger partial charge in [0.1, 0.15) is 5.69 Å². The van der Waals surface area contributed by atoms with E-state index in [4.69, 9.17) is 0 Å². The molecule has 0 fully saturated rings. The van der Waals surface area contributed by atoms with Crippen LogP contribution in [0.2, 0.25) is 0 Å². The van der Waals surface area contributed by atoms with Gasteiger partial charge in [0.05, 0.1) is 6.04 Å². The van der Waals surface area contributed by atoms with Gasteiger partial charge in [-0.3, -0.25) is 9.78 Å². The minimum Gasteiger partial charge on any atom is -0.343 e. The highest BCUT2D eigenvalue weighted by Crippen LogP contribution is 2.22. The third-order valence-electron chi connectivity index (χ3n) is 3.36. The lowest BCUT2D eigenvalue weighted by atomic mass is 10.1. The summed E-state index contributed by atoms with van der Waals surface area (Å²) in [4.78, 5) is 29.5. The number of aromatic nitrogens is 1. The first kappa shape index (κ1) is 17.9. The summed E-state index contributed by atoms with van der Waals surface area (Å²) in [6.45, 7) is 1.90. The molecule has 0 saturated carbocycles. The number of urea groups is 1. The van der Waals surface area contributed by atoms with Crippen molar-refractivity contribution in [2.45, 2.75) is 13.0 Å². The van der Waals surface area contributed by atoms with Crippen molar-refractivity contribution < 1.29 is 9.59 Å². The highest BCUT2D eigenvalue weighted by atomic mass is 79.9. The zero-order chi connectivity index (χ0) is 17.7. The number of amides is 3. The van der Waals surface area contributed by atoms with Crippen LogP contribution in [0.15, 0.2) is 47.1 Å². The Morgan fingerprint density at radius 2 is 1.92 bits per heavy atom. The second-order valence-corrected chi connectivity index (χ2v) is 6.33. The molecule has 0 aliphatic rings. The SMILES string of the molecule is C[C@H](NC(=O)Nc1ccnc(C(=O)N(C)C)c1)c1ccccc1Br. The standard InChI is InChI=1S/C17H19BrN4O2/c1-11(13-6-4-5-7-14(13)18)20-17(24)21-12-8-9-19-15(10-12)16(23)22(2)3/h4-11H,1-3H3,(H2,19,20,21,24)/t11-/m0/s1. The van der Waals surface area contributed by atoms with Crippen molar-refractivity contribution in [3.63, 3.8) is 0 Å². The molecule has 2 aromatic rings. The van der Waals surface area contributed by atoms with Crippen molar-refractivity contribution in [1.82, 2.24) is 15.2 Å². The molecule has 2 N–H and O–H groups in total. The number of benzene rings is 1. The number of pyridine rings is 1. The number of hydrogen-bond acceptors (Lipinski definition) is 3. The number of carbonyl (C=O) groups excluding carboxylic acids is 2. The van der Waals surface area contributed by atoms with E-state index in [9.17, 15) is 9.59 Å². The fourth-order valence-electron chi connectivity index (χ4n) is 2.12. The number of rotatable bonds is 4. The van der Waals surface area contributed by atoms with Crippen LogP contribution in [0.5, 0.6) is 0 Å². The summed E-state index contributed by atoms with van der Waals surface area (Å²) < 4.78 is 0.931. The number of anilines is 1. The highest BCUT2D eigenvalue weighted by molar-refractivity contribution is 9.10. The topological polar surface area (TPSA) is 74.3 Å². The van der Waals surface area contributed by atoms with Gasteiger partial charge in [-0.25, -0.2) is 4.79 Å². The summed E-state index contributed by atoms with van der Waals surface area (Å²) in [5.41, 5.74) is 1.76. The third-order valence-corrected chi connectivity index (χ3v) is 4.08. The molecule has 2 rings (SSSR count). The van der Waals surface area contributed by atoms with Crippen LogP contribution < -0.4 is 10.6 Å². The molecule has 1 aromatic heterocycles. The molecule has 0 bridgehead atoms. The fraction of sp³-hybridized carbons (Fsp3) is 0.235. The Morgan fingerprint density at radius 3 is 2.58 bits per heavy atom. The number of carbonyl (C=O) groups is 2. The van der Waals surface area contributed by atoms with Crippen LogP contribution in [0.25, 0.3) is 0 Å². The molecule has 0 aliphatic heterocycles. The smallest absolute Gasteiger partial charge is 0.319 e. The predicted molar refractivity (Wildman–Crippen MR) is 97.0 cm³/mol. The monoisotopic (exact) mass is 390 g/mol. The lowest BCUT2D eigenvalue weighted by Gasteiger charge is -2.16. The molecule has 0 spiro atoms. The van der Waals surface area contributed by atoms with E-state index in [0.717, 1.165) is 10.0 Å². The quantitative estimate of drug-likeness (QED) is 0.839. The van der Waals surface area contributed by atoms with Crippen molar-refractivity contribution in [1.29, 1.82) is 0 Å². The Kier molecular flexibility index (Phi) is 5.92. The molecule has 0 saturated heterocycles. The van der Waals surface area contributed by atoms with Crippen LogP contribution in [0.3, 0.4) is 0 Å². The largest absolute Gasteiger partial charge is 0.343 e. The molecule has 126 valence electrons. The van der Waals surface area contributed by atoms with Crippen molar-refractivity contribution >= 4 is 33.6 Å². The van der Waals surface area contributed by atoms with Crippen molar-refractivity contribution in [2.75, 3.05) is 19.4 Å². The first-order valence-corrected chi connectivity index (χ1v) is 8.17. The maximum absolute atomic E-state index is 12.2. The van der Waals surface area contributed by atoms with Crippen LogP contribution in [0, 0.1) is 0 Å². The Labute approximate surface area is 149 Å². The molecule has 24 heavy (non-hydrogen) atoms. The summed E-state index contributed by atoms with van der Waals surface area (Å²) in [5.74, 6) is -0.222. The first-order valence-electron chi connectivity index (χ1n) is 7.38. The van der Waals surface area contributed by atoms with Crippen LogP contribution in [0.1, 0.15) is 29.0 Å². The van der Waals surface area contributed by atoms with E-state index >= 15 is 0 Å². The van der Waals surface area contributed by atoms with E-state index in [1.165, 1.54) is 11.1 Å². The maximum atomic E-state index is 12.2. The number of nitrogens with zero attached hydrogens (tertiary/aromatic N) is 2. The molecule has 0 aliphatic carbocycles. The van der Waals surface area contributed by atoms with Gasteiger partial charge in [0, 0.05) is 30.5 Å².